The van der Waals surface area contributed by atoms with Crippen molar-refractivity contribution >= 4 is 17.3 Å². The van der Waals surface area contributed by atoms with E-state index in [1.165, 1.54) is 6.33 Å². The van der Waals surface area contributed by atoms with Crippen LogP contribution < -0.4 is 10.6 Å². The van der Waals surface area contributed by atoms with Crippen molar-refractivity contribution in [3.05, 3.63) is 48.5 Å². The highest BCUT2D eigenvalue weighted by molar-refractivity contribution is 5.78. The molecule has 0 aliphatic carbocycles. The zero-order valence-corrected chi connectivity index (χ0v) is 14.5. The summed E-state index contributed by atoms with van der Waals surface area (Å²) in [6.45, 7) is 4.96. The molecule has 1 saturated heterocycles. The second-order valence-electron chi connectivity index (χ2n) is 6.31. The first kappa shape index (κ1) is 17.3. The molecule has 2 N–H and O–H groups in total. The largest absolute Gasteiger partial charge is 0.353 e. The van der Waals surface area contributed by atoms with Crippen LogP contribution in [0.4, 0.5) is 11.4 Å². The van der Waals surface area contributed by atoms with Crippen molar-refractivity contribution in [3.8, 4) is 0 Å². The maximum absolute atomic E-state index is 12.1. The highest BCUT2D eigenvalue weighted by atomic mass is 16.2. The summed E-state index contributed by atoms with van der Waals surface area (Å²) in [5.41, 5.74) is 2.87. The summed E-state index contributed by atoms with van der Waals surface area (Å²) >= 11 is 0. The van der Waals surface area contributed by atoms with Crippen LogP contribution in [0.1, 0.15) is 5.56 Å². The number of aromatic nitrogens is 2. The smallest absolute Gasteiger partial charge is 0.234 e. The molecule has 1 amide bonds. The first-order valence-electron chi connectivity index (χ1n) is 8.47. The molecule has 2 heterocycles. The van der Waals surface area contributed by atoms with E-state index in [1.807, 2.05) is 24.3 Å². The number of nitrogens with zero attached hydrogens (tertiary/aromatic N) is 4. The summed E-state index contributed by atoms with van der Waals surface area (Å²) in [7, 11) is 2.11. The SMILES string of the molecule is CN1CCN(CC(=O)NCc2ccc(Nc3cncnc3)cc2)CC1. The third-order valence-corrected chi connectivity index (χ3v) is 4.26. The lowest BCUT2D eigenvalue weighted by molar-refractivity contribution is -0.122. The first-order chi connectivity index (χ1) is 12.2. The van der Waals surface area contributed by atoms with Gasteiger partial charge in [0.1, 0.15) is 6.33 Å². The molecule has 2 aromatic rings. The van der Waals surface area contributed by atoms with Gasteiger partial charge in [0.2, 0.25) is 5.91 Å². The molecule has 132 valence electrons. The molecule has 0 unspecified atom stereocenters. The van der Waals surface area contributed by atoms with Gasteiger partial charge in [0.25, 0.3) is 0 Å². The van der Waals surface area contributed by atoms with Crippen molar-refractivity contribution in [2.45, 2.75) is 6.54 Å². The molecule has 0 spiro atoms. The number of carbonyl (C=O) groups is 1. The van der Waals surface area contributed by atoms with Gasteiger partial charge in [-0.25, -0.2) is 9.97 Å². The second-order valence-corrected chi connectivity index (χ2v) is 6.31. The Bertz CT molecular complexity index is 668. The number of amides is 1. The summed E-state index contributed by atoms with van der Waals surface area (Å²) in [6, 6.07) is 7.97. The third-order valence-electron chi connectivity index (χ3n) is 4.26. The summed E-state index contributed by atoms with van der Waals surface area (Å²) in [4.78, 5) is 24.5. The van der Waals surface area contributed by atoms with E-state index in [-0.39, 0.29) is 5.91 Å². The fourth-order valence-electron chi connectivity index (χ4n) is 2.70. The topological polar surface area (TPSA) is 73.4 Å². The van der Waals surface area contributed by atoms with E-state index in [2.05, 4.69) is 37.4 Å². The van der Waals surface area contributed by atoms with Crippen molar-refractivity contribution < 1.29 is 4.79 Å². The third kappa shape index (κ3) is 5.51. The molecule has 0 saturated carbocycles. The lowest BCUT2D eigenvalue weighted by Crippen LogP contribution is -2.48. The number of carbonyl (C=O) groups excluding carboxylic acids is 1. The molecule has 25 heavy (non-hydrogen) atoms. The van der Waals surface area contributed by atoms with E-state index in [9.17, 15) is 4.79 Å². The first-order valence-corrected chi connectivity index (χ1v) is 8.47. The van der Waals surface area contributed by atoms with Crippen LogP contribution in [0.2, 0.25) is 0 Å². The molecule has 1 aromatic heterocycles. The van der Waals surface area contributed by atoms with Crippen molar-refractivity contribution in [2.75, 3.05) is 45.1 Å². The molecule has 7 nitrogen and oxygen atoms in total. The van der Waals surface area contributed by atoms with E-state index in [4.69, 9.17) is 0 Å². The van der Waals surface area contributed by atoms with Gasteiger partial charge in [0.05, 0.1) is 24.6 Å². The van der Waals surface area contributed by atoms with E-state index in [0.717, 1.165) is 43.1 Å². The van der Waals surface area contributed by atoms with E-state index < -0.39 is 0 Å². The number of hydrogen-bond acceptors (Lipinski definition) is 6. The monoisotopic (exact) mass is 340 g/mol. The van der Waals surface area contributed by atoms with Gasteiger partial charge >= 0.3 is 0 Å². The maximum Gasteiger partial charge on any atom is 0.234 e. The maximum atomic E-state index is 12.1. The lowest BCUT2D eigenvalue weighted by Gasteiger charge is -2.31. The molecule has 1 aliphatic heterocycles. The minimum atomic E-state index is 0.0770. The Morgan fingerprint density at radius 3 is 2.40 bits per heavy atom. The number of rotatable bonds is 6. The molecule has 0 atom stereocenters. The average Bonchev–Trinajstić information content (AvgIpc) is 2.64. The van der Waals surface area contributed by atoms with Crippen molar-refractivity contribution in [1.82, 2.24) is 25.1 Å². The van der Waals surface area contributed by atoms with Gasteiger partial charge in [0, 0.05) is 38.4 Å². The van der Waals surface area contributed by atoms with Crippen LogP contribution in [0.25, 0.3) is 0 Å². The second kappa shape index (κ2) is 8.55. The molecular weight excluding hydrogens is 316 g/mol. The molecule has 0 radical (unpaired) electrons. The molecule has 1 aromatic carbocycles. The van der Waals surface area contributed by atoms with Crippen molar-refractivity contribution in [1.29, 1.82) is 0 Å². The number of nitrogens with one attached hydrogen (secondary N) is 2. The van der Waals surface area contributed by atoms with Gasteiger partial charge in [-0.15, -0.1) is 0 Å². The molecule has 1 aliphatic rings. The van der Waals surface area contributed by atoms with Gasteiger partial charge in [0.15, 0.2) is 0 Å². The van der Waals surface area contributed by atoms with Crippen LogP contribution in [0.15, 0.2) is 43.0 Å². The van der Waals surface area contributed by atoms with Crippen LogP contribution >= 0.6 is 0 Å². The zero-order chi connectivity index (χ0) is 17.5. The molecule has 1 fully saturated rings. The number of piperazine rings is 1. The van der Waals surface area contributed by atoms with Gasteiger partial charge < -0.3 is 15.5 Å². The Balaban J connectivity index is 1.43. The van der Waals surface area contributed by atoms with Crippen LogP contribution in [0.5, 0.6) is 0 Å². The van der Waals surface area contributed by atoms with Gasteiger partial charge in [-0.2, -0.15) is 0 Å². The minimum Gasteiger partial charge on any atom is -0.353 e. The normalized spacial score (nSPS) is 15.7. The molecular formula is C18H24N6O. The highest BCUT2D eigenvalue weighted by Gasteiger charge is 2.16. The summed E-state index contributed by atoms with van der Waals surface area (Å²) in [5.74, 6) is 0.0770. The van der Waals surface area contributed by atoms with Crippen LogP contribution in [0, 0.1) is 0 Å². The number of likely N-dealkylation sites (N-methyl/N-ethyl adjacent to an activating group) is 1. The Morgan fingerprint density at radius 2 is 1.72 bits per heavy atom. The van der Waals surface area contributed by atoms with Gasteiger partial charge in [-0.05, 0) is 24.7 Å². The van der Waals surface area contributed by atoms with E-state index in [1.54, 1.807) is 12.4 Å². The Kier molecular flexibility index (Phi) is 5.92. The Morgan fingerprint density at radius 1 is 1.04 bits per heavy atom. The summed E-state index contributed by atoms with van der Waals surface area (Å²) < 4.78 is 0. The van der Waals surface area contributed by atoms with E-state index >= 15 is 0 Å². The zero-order valence-electron chi connectivity index (χ0n) is 14.5. The fraction of sp³-hybridized carbons (Fsp3) is 0.389. The minimum absolute atomic E-state index is 0.0770. The van der Waals surface area contributed by atoms with Crippen LogP contribution in [-0.2, 0) is 11.3 Å². The fourth-order valence-corrected chi connectivity index (χ4v) is 2.70. The Hall–Kier alpha value is -2.51. The quantitative estimate of drug-likeness (QED) is 0.820. The standard InChI is InChI=1S/C18H24N6O/c1-23-6-8-24(9-7-23)13-18(25)21-10-15-2-4-16(5-3-15)22-17-11-19-14-20-12-17/h2-5,11-12,14,22H,6-10,13H2,1H3,(H,21,25). The van der Waals surface area contributed by atoms with Crippen LogP contribution in [-0.4, -0.2) is 65.4 Å². The Labute approximate surface area is 148 Å². The molecule has 0 bridgehead atoms. The number of anilines is 2. The van der Waals surface area contributed by atoms with Gasteiger partial charge in [-0.1, -0.05) is 12.1 Å². The summed E-state index contributed by atoms with van der Waals surface area (Å²) in [6.07, 6.45) is 4.94. The van der Waals surface area contributed by atoms with E-state index in [0.29, 0.717) is 13.1 Å². The predicted octanol–water partition coefficient (Wildman–Crippen LogP) is 1.08. The number of benzene rings is 1. The molecule has 3 rings (SSSR count). The predicted molar refractivity (Wildman–Crippen MR) is 97.5 cm³/mol. The van der Waals surface area contributed by atoms with Crippen LogP contribution in [0.3, 0.4) is 0 Å². The van der Waals surface area contributed by atoms with Gasteiger partial charge in [-0.3, -0.25) is 9.69 Å². The van der Waals surface area contributed by atoms with Crippen molar-refractivity contribution in [2.24, 2.45) is 0 Å². The number of hydrogen-bond donors (Lipinski definition) is 2. The lowest BCUT2D eigenvalue weighted by atomic mass is 10.2. The summed E-state index contributed by atoms with van der Waals surface area (Å²) in [5, 5.41) is 6.22. The van der Waals surface area contributed by atoms with Crippen molar-refractivity contribution in [3.63, 3.8) is 0 Å². The molecule has 7 heteroatoms. The highest BCUT2D eigenvalue weighted by Crippen LogP contribution is 2.15. The average molecular weight is 340 g/mol.